The first kappa shape index (κ1) is 12.1. The third-order valence-electron chi connectivity index (χ3n) is 1.95. The predicted octanol–water partition coefficient (Wildman–Crippen LogP) is 1.85. The van der Waals surface area contributed by atoms with E-state index in [4.69, 9.17) is 0 Å². The number of hydrogen-bond acceptors (Lipinski definition) is 4. The summed E-state index contributed by atoms with van der Waals surface area (Å²) in [6.45, 7) is 0. The summed E-state index contributed by atoms with van der Waals surface area (Å²) in [6, 6.07) is 3.16. The maximum Gasteiger partial charge on any atom is 0.341 e. The molecule has 0 aliphatic heterocycles. The zero-order chi connectivity index (χ0) is 11.6. The summed E-state index contributed by atoms with van der Waals surface area (Å²) in [6.07, 6.45) is 0. The van der Waals surface area contributed by atoms with Gasteiger partial charge in [0.25, 0.3) is 0 Å². The molecule has 1 N–H and O–H groups in total. The lowest BCUT2D eigenvalue weighted by Crippen LogP contribution is -2.11. The van der Waals surface area contributed by atoms with E-state index in [1.54, 1.807) is 12.1 Å². The van der Waals surface area contributed by atoms with Gasteiger partial charge >= 0.3 is 5.97 Å². The molecule has 0 saturated heterocycles. The number of nitrogens with zero attached hydrogens (tertiary/aromatic N) is 1. The van der Waals surface area contributed by atoms with Crippen LogP contribution in [0.5, 0.6) is 5.75 Å². The van der Waals surface area contributed by atoms with Gasteiger partial charge in [-0.1, -0.05) is 0 Å². The van der Waals surface area contributed by atoms with Crippen LogP contribution in [-0.2, 0) is 4.74 Å². The Hall–Kier alpha value is -0.980. The standard InChI is InChI=1S/C10H12INO3/c1-12(2)8-5-9(13)6(4-7(8)11)10(14)15-3/h4-5,13H,1-3H3. The minimum atomic E-state index is -0.532. The highest BCUT2D eigenvalue weighted by molar-refractivity contribution is 14.1. The Bertz CT molecular complexity index is 390. The molecule has 5 heteroatoms. The van der Waals surface area contributed by atoms with Crippen molar-refractivity contribution >= 4 is 34.2 Å². The van der Waals surface area contributed by atoms with Gasteiger partial charge in [-0.15, -0.1) is 0 Å². The number of aromatic hydroxyl groups is 1. The largest absolute Gasteiger partial charge is 0.507 e. The Morgan fingerprint density at radius 3 is 2.53 bits per heavy atom. The molecule has 0 amide bonds. The quantitative estimate of drug-likeness (QED) is 0.667. The van der Waals surface area contributed by atoms with E-state index in [0.29, 0.717) is 0 Å². The smallest absolute Gasteiger partial charge is 0.341 e. The fraction of sp³-hybridized carbons (Fsp3) is 0.300. The molecule has 0 aliphatic rings. The molecule has 4 nitrogen and oxygen atoms in total. The van der Waals surface area contributed by atoms with Gasteiger partial charge in [0, 0.05) is 23.7 Å². The topological polar surface area (TPSA) is 49.8 Å². The first-order valence-corrected chi connectivity index (χ1v) is 5.33. The van der Waals surface area contributed by atoms with Gasteiger partial charge in [-0.05, 0) is 28.7 Å². The van der Waals surface area contributed by atoms with Gasteiger partial charge in [-0.2, -0.15) is 0 Å². The second kappa shape index (κ2) is 4.69. The molecule has 1 rings (SSSR count). The van der Waals surface area contributed by atoms with Crippen LogP contribution in [0.2, 0.25) is 0 Å². The van der Waals surface area contributed by atoms with Crippen LogP contribution in [0.4, 0.5) is 5.69 Å². The van der Waals surface area contributed by atoms with Gasteiger partial charge < -0.3 is 14.7 Å². The predicted molar refractivity (Wildman–Crippen MR) is 66.5 cm³/mol. The van der Waals surface area contributed by atoms with Gasteiger partial charge in [0.15, 0.2) is 0 Å². The molecule has 0 spiro atoms. The van der Waals surface area contributed by atoms with Gasteiger partial charge in [-0.3, -0.25) is 0 Å². The summed E-state index contributed by atoms with van der Waals surface area (Å²) in [7, 11) is 5.03. The summed E-state index contributed by atoms with van der Waals surface area (Å²) in [4.78, 5) is 13.1. The van der Waals surface area contributed by atoms with Crippen molar-refractivity contribution in [2.75, 3.05) is 26.1 Å². The molecule has 0 atom stereocenters. The average molecular weight is 321 g/mol. The molecule has 0 saturated carbocycles. The van der Waals surface area contributed by atoms with E-state index in [-0.39, 0.29) is 11.3 Å². The van der Waals surface area contributed by atoms with Crippen LogP contribution < -0.4 is 4.90 Å². The van der Waals surface area contributed by atoms with Crippen LogP contribution in [0, 0.1) is 3.57 Å². The number of halogens is 1. The number of esters is 1. The number of hydrogen-bond donors (Lipinski definition) is 1. The number of benzene rings is 1. The van der Waals surface area contributed by atoms with E-state index in [0.717, 1.165) is 9.26 Å². The lowest BCUT2D eigenvalue weighted by atomic mass is 10.2. The Labute approximate surface area is 102 Å². The zero-order valence-corrected chi connectivity index (χ0v) is 10.9. The van der Waals surface area contributed by atoms with Crippen LogP contribution in [0.3, 0.4) is 0 Å². The van der Waals surface area contributed by atoms with Crippen LogP contribution in [0.15, 0.2) is 12.1 Å². The molecule has 0 radical (unpaired) electrons. The molecule has 1 aromatic rings. The van der Waals surface area contributed by atoms with Crippen molar-refractivity contribution in [1.82, 2.24) is 0 Å². The Kier molecular flexibility index (Phi) is 3.78. The van der Waals surface area contributed by atoms with Gasteiger partial charge in [0.2, 0.25) is 0 Å². The Balaban J connectivity index is 3.25. The minimum Gasteiger partial charge on any atom is -0.507 e. The molecule has 0 aromatic heterocycles. The Morgan fingerprint density at radius 1 is 1.47 bits per heavy atom. The number of ether oxygens (including phenoxy) is 1. The third kappa shape index (κ3) is 2.53. The SMILES string of the molecule is COC(=O)c1cc(I)c(N(C)C)cc1O. The van der Waals surface area contributed by atoms with Gasteiger partial charge in [0.1, 0.15) is 11.3 Å². The van der Waals surface area contributed by atoms with E-state index >= 15 is 0 Å². The number of carbonyl (C=O) groups is 1. The van der Waals surface area contributed by atoms with Crippen molar-refractivity contribution in [3.63, 3.8) is 0 Å². The van der Waals surface area contributed by atoms with Crippen molar-refractivity contribution in [2.24, 2.45) is 0 Å². The van der Waals surface area contributed by atoms with E-state index in [9.17, 15) is 9.90 Å². The van der Waals surface area contributed by atoms with Crippen molar-refractivity contribution in [1.29, 1.82) is 0 Å². The molecule has 0 fully saturated rings. The highest BCUT2D eigenvalue weighted by atomic mass is 127. The number of phenols is 1. The molecular weight excluding hydrogens is 309 g/mol. The van der Waals surface area contributed by atoms with Gasteiger partial charge in [-0.25, -0.2) is 4.79 Å². The maximum atomic E-state index is 11.3. The lowest BCUT2D eigenvalue weighted by molar-refractivity contribution is 0.0597. The number of anilines is 1. The molecule has 15 heavy (non-hydrogen) atoms. The normalized spacial score (nSPS) is 9.87. The molecule has 0 unspecified atom stereocenters. The summed E-state index contributed by atoms with van der Waals surface area (Å²) < 4.78 is 5.44. The zero-order valence-electron chi connectivity index (χ0n) is 8.74. The van der Waals surface area contributed by atoms with Crippen LogP contribution >= 0.6 is 22.6 Å². The number of phenolic OH excluding ortho intramolecular Hbond substituents is 1. The summed E-state index contributed by atoms with van der Waals surface area (Å²) in [5, 5.41) is 9.64. The first-order valence-electron chi connectivity index (χ1n) is 4.25. The molecule has 0 bridgehead atoms. The minimum absolute atomic E-state index is 0.0639. The molecule has 0 aliphatic carbocycles. The van der Waals surface area contributed by atoms with Crippen LogP contribution in [0.25, 0.3) is 0 Å². The second-order valence-electron chi connectivity index (χ2n) is 3.21. The highest BCUT2D eigenvalue weighted by Crippen LogP contribution is 2.29. The number of carbonyl (C=O) groups excluding carboxylic acids is 1. The number of methoxy groups -OCH3 is 1. The maximum absolute atomic E-state index is 11.3. The first-order chi connectivity index (χ1) is 6.97. The van der Waals surface area contributed by atoms with E-state index in [2.05, 4.69) is 27.3 Å². The second-order valence-corrected chi connectivity index (χ2v) is 4.37. The van der Waals surface area contributed by atoms with Gasteiger partial charge in [0.05, 0.1) is 12.8 Å². The van der Waals surface area contributed by atoms with E-state index < -0.39 is 5.97 Å². The molecule has 1 aromatic carbocycles. The third-order valence-corrected chi connectivity index (χ3v) is 2.82. The molecule has 0 heterocycles. The molecular formula is C10H12INO3. The van der Waals surface area contributed by atoms with E-state index in [1.807, 2.05) is 19.0 Å². The van der Waals surface area contributed by atoms with Crippen molar-refractivity contribution < 1.29 is 14.6 Å². The lowest BCUT2D eigenvalue weighted by Gasteiger charge is -2.16. The highest BCUT2D eigenvalue weighted by Gasteiger charge is 2.15. The Morgan fingerprint density at radius 2 is 2.07 bits per heavy atom. The van der Waals surface area contributed by atoms with E-state index in [1.165, 1.54) is 7.11 Å². The number of rotatable bonds is 2. The van der Waals surface area contributed by atoms with Crippen molar-refractivity contribution in [2.45, 2.75) is 0 Å². The van der Waals surface area contributed by atoms with Crippen LogP contribution in [-0.4, -0.2) is 32.3 Å². The average Bonchev–Trinajstić information content (AvgIpc) is 2.19. The summed E-state index contributed by atoms with van der Waals surface area (Å²) >= 11 is 2.11. The fourth-order valence-electron chi connectivity index (χ4n) is 1.17. The van der Waals surface area contributed by atoms with Crippen LogP contribution in [0.1, 0.15) is 10.4 Å². The summed E-state index contributed by atoms with van der Waals surface area (Å²) in [5.41, 5.74) is 1.05. The monoisotopic (exact) mass is 321 g/mol. The van der Waals surface area contributed by atoms with Crippen molar-refractivity contribution in [3.05, 3.63) is 21.3 Å². The molecule has 82 valence electrons. The fourth-order valence-corrected chi connectivity index (χ4v) is 2.12. The van der Waals surface area contributed by atoms with Crippen molar-refractivity contribution in [3.8, 4) is 5.75 Å². The summed E-state index contributed by atoms with van der Waals surface area (Å²) in [5.74, 6) is -0.596.